The molecule has 0 saturated heterocycles. The topological polar surface area (TPSA) is 69.6 Å². The average Bonchev–Trinajstić information content (AvgIpc) is 2.94. The van der Waals surface area contributed by atoms with Gasteiger partial charge in [0.25, 0.3) is 0 Å². The Morgan fingerprint density at radius 2 is 2.05 bits per heavy atom. The van der Waals surface area contributed by atoms with Gasteiger partial charge in [0.15, 0.2) is 5.82 Å². The predicted octanol–water partition coefficient (Wildman–Crippen LogP) is 3.01. The molecule has 0 aliphatic rings. The Balaban J connectivity index is 2.17. The average molecular weight is 304 g/mol. The number of anilines is 1. The quantitative estimate of drug-likeness (QED) is 0.739. The Kier molecular flexibility index (Phi) is 3.31. The van der Waals surface area contributed by atoms with Gasteiger partial charge >= 0.3 is 0 Å². The van der Waals surface area contributed by atoms with Crippen molar-refractivity contribution < 1.29 is 4.39 Å². The number of para-hydroxylation sites is 1. The number of nitrogens with two attached hydrogens (primary N) is 1. The number of hydrogen-bond acceptors (Lipinski definition) is 4. The lowest BCUT2D eigenvalue weighted by Gasteiger charge is -2.09. The number of tetrazole rings is 1. The van der Waals surface area contributed by atoms with E-state index in [9.17, 15) is 4.39 Å². The molecule has 5 nitrogen and oxygen atoms in total. The van der Waals surface area contributed by atoms with Crippen molar-refractivity contribution in [2.24, 2.45) is 0 Å². The van der Waals surface area contributed by atoms with Crippen molar-refractivity contribution in [1.29, 1.82) is 0 Å². The highest BCUT2D eigenvalue weighted by Gasteiger charge is 2.15. The maximum Gasteiger partial charge on any atom is 0.189 e. The molecule has 0 aliphatic carbocycles. The summed E-state index contributed by atoms with van der Waals surface area (Å²) >= 11 is 5.80. The van der Waals surface area contributed by atoms with Crippen LogP contribution in [0.3, 0.4) is 0 Å². The molecule has 3 rings (SSSR count). The van der Waals surface area contributed by atoms with E-state index in [-0.39, 0.29) is 5.02 Å². The fourth-order valence-corrected chi connectivity index (χ4v) is 2.20. The minimum absolute atomic E-state index is 0.00571. The lowest BCUT2D eigenvalue weighted by atomic mass is 10.1. The van der Waals surface area contributed by atoms with Gasteiger partial charge in [-0.1, -0.05) is 23.7 Å². The molecule has 2 aromatic carbocycles. The Labute approximate surface area is 125 Å². The van der Waals surface area contributed by atoms with Crippen LogP contribution in [0.2, 0.25) is 5.02 Å². The molecular formula is C14H11ClFN5. The van der Waals surface area contributed by atoms with Crippen LogP contribution in [-0.2, 0) is 0 Å². The first-order chi connectivity index (χ1) is 10.1. The molecule has 0 spiro atoms. The summed E-state index contributed by atoms with van der Waals surface area (Å²) < 4.78 is 14.7. The smallest absolute Gasteiger partial charge is 0.189 e. The van der Waals surface area contributed by atoms with E-state index < -0.39 is 5.82 Å². The van der Waals surface area contributed by atoms with E-state index in [4.69, 9.17) is 17.3 Å². The highest BCUT2D eigenvalue weighted by atomic mass is 35.5. The first-order valence-electron chi connectivity index (χ1n) is 6.17. The van der Waals surface area contributed by atoms with Crippen LogP contribution in [0.15, 0.2) is 36.4 Å². The normalized spacial score (nSPS) is 10.8. The SMILES string of the molecule is Cc1cccc(-c2nnnn2-c2ccc(F)c(Cl)c2)c1N. The monoisotopic (exact) mass is 303 g/mol. The third-order valence-corrected chi connectivity index (χ3v) is 3.47. The molecular weight excluding hydrogens is 293 g/mol. The van der Waals surface area contributed by atoms with Crippen molar-refractivity contribution in [1.82, 2.24) is 20.2 Å². The summed E-state index contributed by atoms with van der Waals surface area (Å²) in [5, 5.41) is 11.6. The molecule has 3 aromatic rings. The summed E-state index contributed by atoms with van der Waals surface area (Å²) in [5.74, 6) is -0.0241. The molecule has 0 fully saturated rings. The number of aromatic nitrogens is 4. The van der Waals surface area contributed by atoms with Gasteiger partial charge in [-0.15, -0.1) is 5.10 Å². The fourth-order valence-electron chi connectivity index (χ4n) is 2.02. The highest BCUT2D eigenvalue weighted by molar-refractivity contribution is 6.30. The molecule has 0 radical (unpaired) electrons. The van der Waals surface area contributed by atoms with Crippen LogP contribution in [-0.4, -0.2) is 20.2 Å². The molecule has 1 aromatic heterocycles. The van der Waals surface area contributed by atoms with Crippen LogP contribution >= 0.6 is 11.6 Å². The van der Waals surface area contributed by atoms with Crippen molar-refractivity contribution >= 4 is 17.3 Å². The van der Waals surface area contributed by atoms with Gasteiger partial charge in [-0.25, -0.2) is 4.39 Å². The molecule has 0 saturated carbocycles. The van der Waals surface area contributed by atoms with Crippen molar-refractivity contribution in [3.8, 4) is 17.1 Å². The van der Waals surface area contributed by atoms with Crippen LogP contribution in [0.4, 0.5) is 10.1 Å². The third-order valence-electron chi connectivity index (χ3n) is 3.18. The van der Waals surface area contributed by atoms with Gasteiger partial charge in [0.1, 0.15) is 5.82 Å². The fraction of sp³-hybridized carbons (Fsp3) is 0.0714. The number of rotatable bonds is 2. The van der Waals surface area contributed by atoms with Crippen molar-refractivity contribution in [3.05, 3.63) is 52.8 Å². The molecule has 2 N–H and O–H groups in total. The van der Waals surface area contributed by atoms with Crippen molar-refractivity contribution in [2.75, 3.05) is 5.73 Å². The van der Waals surface area contributed by atoms with Gasteiger partial charge in [-0.05, 0) is 47.2 Å². The number of nitrogens with zero attached hydrogens (tertiary/aromatic N) is 4. The Morgan fingerprint density at radius 1 is 1.24 bits per heavy atom. The van der Waals surface area contributed by atoms with Crippen LogP contribution in [0.25, 0.3) is 17.1 Å². The summed E-state index contributed by atoms with van der Waals surface area (Å²) in [4.78, 5) is 0. The van der Waals surface area contributed by atoms with Crippen LogP contribution in [0, 0.1) is 12.7 Å². The molecule has 21 heavy (non-hydrogen) atoms. The predicted molar refractivity (Wildman–Crippen MR) is 78.7 cm³/mol. The summed E-state index contributed by atoms with van der Waals surface area (Å²) in [7, 11) is 0. The molecule has 7 heteroatoms. The molecule has 106 valence electrons. The standard InChI is InChI=1S/C14H11ClFN5/c1-8-3-2-4-10(13(8)17)14-18-19-20-21(14)9-5-6-12(16)11(15)7-9/h2-7H,17H2,1H3. The van der Waals surface area contributed by atoms with E-state index in [1.54, 1.807) is 6.07 Å². The van der Waals surface area contributed by atoms with Gasteiger partial charge in [0, 0.05) is 11.3 Å². The summed E-state index contributed by atoms with van der Waals surface area (Å²) in [6.07, 6.45) is 0. The van der Waals surface area contributed by atoms with E-state index >= 15 is 0 Å². The van der Waals surface area contributed by atoms with Gasteiger partial charge in [-0.2, -0.15) is 4.68 Å². The molecule has 0 amide bonds. The van der Waals surface area contributed by atoms with Crippen LogP contribution in [0.5, 0.6) is 0 Å². The van der Waals surface area contributed by atoms with E-state index in [1.165, 1.54) is 16.8 Å². The first kappa shape index (κ1) is 13.5. The third kappa shape index (κ3) is 2.34. The highest BCUT2D eigenvalue weighted by Crippen LogP contribution is 2.28. The second kappa shape index (κ2) is 5.14. The number of halogens is 2. The largest absolute Gasteiger partial charge is 0.398 e. The Hall–Kier alpha value is -2.47. The van der Waals surface area contributed by atoms with Gasteiger partial charge in [-0.3, -0.25) is 0 Å². The number of aryl methyl sites for hydroxylation is 1. The van der Waals surface area contributed by atoms with E-state index in [0.717, 1.165) is 5.56 Å². The van der Waals surface area contributed by atoms with Crippen molar-refractivity contribution in [3.63, 3.8) is 0 Å². The minimum Gasteiger partial charge on any atom is -0.398 e. The lowest BCUT2D eigenvalue weighted by Crippen LogP contribution is -2.03. The minimum atomic E-state index is -0.495. The molecule has 0 aliphatic heterocycles. The molecule has 0 bridgehead atoms. The van der Waals surface area contributed by atoms with Crippen LogP contribution < -0.4 is 5.73 Å². The number of benzene rings is 2. The number of hydrogen-bond donors (Lipinski definition) is 1. The van der Waals surface area contributed by atoms with Crippen molar-refractivity contribution in [2.45, 2.75) is 6.92 Å². The summed E-state index contributed by atoms with van der Waals surface area (Å²) in [6.45, 7) is 1.90. The van der Waals surface area contributed by atoms with E-state index in [1.807, 2.05) is 25.1 Å². The Bertz CT molecular complexity index is 815. The molecule has 0 atom stereocenters. The van der Waals surface area contributed by atoms with Gasteiger partial charge < -0.3 is 5.73 Å². The lowest BCUT2D eigenvalue weighted by molar-refractivity contribution is 0.627. The zero-order valence-corrected chi connectivity index (χ0v) is 11.8. The second-order valence-electron chi connectivity index (χ2n) is 4.55. The summed E-state index contributed by atoms with van der Waals surface area (Å²) in [5.41, 5.74) is 8.87. The van der Waals surface area contributed by atoms with E-state index in [2.05, 4.69) is 15.5 Å². The first-order valence-corrected chi connectivity index (χ1v) is 6.55. The van der Waals surface area contributed by atoms with Gasteiger partial charge in [0.2, 0.25) is 0 Å². The van der Waals surface area contributed by atoms with Crippen LogP contribution in [0.1, 0.15) is 5.56 Å². The summed E-state index contributed by atoms with van der Waals surface area (Å²) in [6, 6.07) is 9.88. The molecule has 1 heterocycles. The van der Waals surface area contributed by atoms with Gasteiger partial charge in [0.05, 0.1) is 10.7 Å². The molecule has 0 unspecified atom stereocenters. The Morgan fingerprint density at radius 3 is 2.81 bits per heavy atom. The second-order valence-corrected chi connectivity index (χ2v) is 4.96. The van der Waals surface area contributed by atoms with E-state index in [0.29, 0.717) is 22.8 Å². The zero-order valence-electron chi connectivity index (χ0n) is 11.1. The zero-order chi connectivity index (χ0) is 15.0. The number of nitrogen functional groups attached to an aromatic ring is 1. The maximum absolute atomic E-state index is 13.3. The maximum atomic E-state index is 13.3.